The smallest absolute Gasteiger partial charge is 0.382 e. The maximum atomic E-state index is 12.7. The van der Waals surface area contributed by atoms with E-state index in [9.17, 15) is 9.59 Å². The average molecular weight is 523 g/mol. The molecule has 2 aromatic carbocycles. The normalized spacial score (nSPS) is 10.8. The predicted molar refractivity (Wildman–Crippen MR) is 118 cm³/mol. The van der Waals surface area contributed by atoms with E-state index in [1.54, 1.807) is 36.4 Å². The van der Waals surface area contributed by atoms with Crippen LogP contribution in [0.25, 0.3) is 0 Å². The van der Waals surface area contributed by atoms with Crippen LogP contribution in [0.1, 0.15) is 32.0 Å². The Kier molecular flexibility index (Phi) is 8.76. The molecule has 11 nitrogen and oxygen atoms in total. The van der Waals surface area contributed by atoms with Gasteiger partial charge in [0.25, 0.3) is 5.91 Å². The van der Waals surface area contributed by atoms with Crippen LogP contribution in [-0.4, -0.2) is 41.8 Å². The molecule has 170 valence electrons. The first-order valence-electron chi connectivity index (χ1n) is 8.38. The second-order valence-corrected chi connectivity index (χ2v) is 8.32. The maximum Gasteiger partial charge on any atom is 0.466 e. The van der Waals surface area contributed by atoms with E-state index < -0.39 is 13.7 Å². The van der Waals surface area contributed by atoms with Gasteiger partial charge in [0, 0.05) is 17.1 Å². The van der Waals surface area contributed by atoms with Gasteiger partial charge in [-0.1, -0.05) is 40.0 Å². The number of H-pyrrole nitrogens is 1. The van der Waals surface area contributed by atoms with E-state index in [2.05, 4.69) is 20.7 Å². The Morgan fingerprint density at radius 1 is 1.06 bits per heavy atom. The summed E-state index contributed by atoms with van der Waals surface area (Å²) in [6, 6.07) is 9.51. The number of nitrogens with zero attached hydrogens (tertiary/aromatic N) is 2. The van der Waals surface area contributed by atoms with Gasteiger partial charge in [-0.25, -0.2) is 9.66 Å². The summed E-state index contributed by atoms with van der Waals surface area (Å²) < 4.78 is 8.88. The lowest BCUT2D eigenvalue weighted by Gasteiger charge is -2.10. The fourth-order valence-electron chi connectivity index (χ4n) is 2.36. The first-order valence-corrected chi connectivity index (χ1v) is 11.1. The highest BCUT2D eigenvalue weighted by Crippen LogP contribution is 2.29. The quantitative estimate of drug-likeness (QED) is 0.216. The van der Waals surface area contributed by atoms with Crippen LogP contribution in [0.3, 0.4) is 0 Å². The van der Waals surface area contributed by atoms with Crippen LogP contribution in [-0.2, 0) is 11.1 Å². The van der Waals surface area contributed by atoms with Crippen molar-refractivity contribution in [1.29, 1.82) is 0 Å². The molecule has 0 aliphatic heterocycles. The molecule has 0 saturated heterocycles. The van der Waals surface area contributed by atoms with E-state index in [0.29, 0.717) is 16.1 Å². The number of anilines is 1. The third kappa shape index (κ3) is 7.57. The molecule has 0 unspecified atom stereocenters. The highest BCUT2D eigenvalue weighted by Gasteiger charge is 2.19. The summed E-state index contributed by atoms with van der Waals surface area (Å²) >= 11 is 18.4. The lowest BCUT2D eigenvalue weighted by Crippen LogP contribution is -2.24. The lowest BCUT2D eigenvalue weighted by atomic mass is 10.0. The number of hydrogen-bond acceptors (Lipinski definition) is 6. The molecule has 15 heteroatoms. The molecule has 3 rings (SSSR count). The molecule has 0 spiro atoms. The zero-order valence-electron chi connectivity index (χ0n) is 15.8. The number of carbonyl (C=O) groups excluding carboxylic acids is 2. The Hall–Kier alpha value is -2.50. The number of halogens is 3. The molecule has 1 amide bonds. The summed E-state index contributed by atoms with van der Waals surface area (Å²) in [4.78, 5) is 46.2. The van der Waals surface area contributed by atoms with Gasteiger partial charge >= 0.3 is 7.82 Å². The van der Waals surface area contributed by atoms with Crippen LogP contribution in [0.4, 0.5) is 5.82 Å². The Labute approximate surface area is 195 Å². The van der Waals surface area contributed by atoms with Gasteiger partial charge in [-0.15, -0.1) is 5.10 Å². The van der Waals surface area contributed by atoms with Crippen molar-refractivity contribution in [3.05, 3.63) is 73.9 Å². The molecule has 0 fully saturated rings. The highest BCUT2D eigenvalue weighted by molar-refractivity contribution is 7.45. The number of benzene rings is 2. The Morgan fingerprint density at radius 3 is 2.06 bits per heavy atom. The van der Waals surface area contributed by atoms with Crippen LogP contribution in [0.15, 0.2) is 36.4 Å². The van der Waals surface area contributed by atoms with Crippen LogP contribution in [0.2, 0.25) is 15.1 Å². The van der Waals surface area contributed by atoms with Gasteiger partial charge in [0.15, 0.2) is 17.3 Å². The molecule has 0 saturated carbocycles. The van der Waals surface area contributed by atoms with Crippen molar-refractivity contribution in [2.45, 2.75) is 6.54 Å². The number of rotatable bonds is 5. The summed E-state index contributed by atoms with van der Waals surface area (Å²) in [6.07, 6.45) is 0. The van der Waals surface area contributed by atoms with E-state index in [1.165, 1.54) is 0 Å². The number of aromatic amines is 1. The average Bonchev–Trinajstić information content (AvgIpc) is 3.11. The second-order valence-electron chi connectivity index (χ2n) is 6.04. The molecule has 32 heavy (non-hydrogen) atoms. The van der Waals surface area contributed by atoms with Crippen LogP contribution in [0.5, 0.6) is 0 Å². The number of nitrogens with two attached hydrogens (primary N) is 1. The number of ketones is 1. The molecule has 1 heterocycles. The second kappa shape index (κ2) is 10.9. The monoisotopic (exact) mass is 521 g/mol. The zero-order chi connectivity index (χ0) is 24.1. The number of carbonyl (C=O) groups is 2. The molecular formula is C17H15Cl3N5O6P. The standard InChI is InChI=1S/C17H12Cl3N5O2.H3O4P/c18-10-3-1-9(2-4-10)15(26)13-11(19)5-8(6-12(13)20)7-22-17(27)14-16(21)24-25-23-14;1-5(2,3)4/h1-6H,7H2,(H,22,27)(H3,21,23,24,25);(H3,1,2,3,4). The topological polar surface area (TPSA) is 192 Å². The summed E-state index contributed by atoms with van der Waals surface area (Å²) in [5, 5.41) is 12.9. The first-order chi connectivity index (χ1) is 14.9. The number of hydrogen-bond donors (Lipinski definition) is 6. The van der Waals surface area contributed by atoms with E-state index in [0.717, 1.165) is 0 Å². The van der Waals surface area contributed by atoms with Crippen LogP contribution >= 0.6 is 42.6 Å². The largest absolute Gasteiger partial charge is 0.466 e. The van der Waals surface area contributed by atoms with Crippen molar-refractivity contribution in [3.63, 3.8) is 0 Å². The third-order valence-electron chi connectivity index (χ3n) is 3.68. The van der Waals surface area contributed by atoms with Crippen molar-refractivity contribution >= 4 is 60.1 Å². The van der Waals surface area contributed by atoms with Crippen molar-refractivity contribution in [2.24, 2.45) is 0 Å². The molecule has 0 bridgehead atoms. The van der Waals surface area contributed by atoms with Crippen molar-refractivity contribution < 1.29 is 28.8 Å². The minimum Gasteiger partial charge on any atom is -0.382 e. The SMILES string of the molecule is Nc1[nH]nnc1C(=O)NCc1cc(Cl)c(C(=O)c2ccc(Cl)cc2)c(Cl)c1.O=P(O)(O)O. The van der Waals surface area contributed by atoms with Gasteiger partial charge in [0.1, 0.15) is 0 Å². The van der Waals surface area contributed by atoms with E-state index in [4.69, 9.17) is 59.8 Å². The number of nitrogen functional groups attached to an aromatic ring is 1. The van der Waals surface area contributed by atoms with Crippen molar-refractivity contribution in [1.82, 2.24) is 20.7 Å². The number of amides is 1. The van der Waals surface area contributed by atoms with Crippen molar-refractivity contribution in [2.75, 3.05) is 5.73 Å². The van der Waals surface area contributed by atoms with Gasteiger partial charge in [0.05, 0.1) is 15.6 Å². The van der Waals surface area contributed by atoms with Gasteiger partial charge in [-0.05, 0) is 42.0 Å². The van der Waals surface area contributed by atoms with Crippen LogP contribution < -0.4 is 11.1 Å². The van der Waals surface area contributed by atoms with Crippen LogP contribution in [0, 0.1) is 0 Å². The number of aromatic nitrogens is 3. The molecule has 7 N–H and O–H groups in total. The number of nitrogens with one attached hydrogen (secondary N) is 2. The molecule has 3 aromatic rings. The molecule has 0 aliphatic carbocycles. The fraction of sp³-hybridized carbons (Fsp3) is 0.0588. The number of phosphoric acid groups is 1. The van der Waals surface area contributed by atoms with Gasteiger partial charge in [-0.3, -0.25) is 9.59 Å². The van der Waals surface area contributed by atoms with Gasteiger partial charge in [-0.2, -0.15) is 0 Å². The lowest BCUT2D eigenvalue weighted by molar-refractivity contribution is 0.0945. The summed E-state index contributed by atoms with van der Waals surface area (Å²) in [6.45, 7) is 0.111. The minimum atomic E-state index is -4.64. The van der Waals surface area contributed by atoms with E-state index in [1.807, 2.05) is 0 Å². The molecule has 0 radical (unpaired) electrons. The van der Waals surface area contributed by atoms with E-state index >= 15 is 0 Å². The first kappa shape index (κ1) is 25.8. The fourth-order valence-corrected chi connectivity index (χ4v) is 3.19. The van der Waals surface area contributed by atoms with Gasteiger partial charge < -0.3 is 25.7 Å². The van der Waals surface area contributed by atoms with E-state index in [-0.39, 0.29) is 39.4 Å². The molecular weight excluding hydrogens is 508 g/mol. The summed E-state index contributed by atoms with van der Waals surface area (Å²) in [5.74, 6) is -0.769. The minimum absolute atomic E-state index is 0.0123. The molecule has 1 aromatic heterocycles. The summed E-state index contributed by atoms with van der Waals surface area (Å²) in [5.41, 5.74) is 6.72. The third-order valence-corrected chi connectivity index (χ3v) is 4.53. The molecule has 0 aliphatic rings. The van der Waals surface area contributed by atoms with Crippen molar-refractivity contribution in [3.8, 4) is 0 Å². The molecule has 0 atom stereocenters. The maximum absolute atomic E-state index is 12.7. The summed E-state index contributed by atoms with van der Waals surface area (Å²) in [7, 11) is -4.64. The Balaban J connectivity index is 0.000000654. The zero-order valence-corrected chi connectivity index (χ0v) is 19.0. The Morgan fingerprint density at radius 2 is 1.59 bits per heavy atom. The van der Waals surface area contributed by atoms with Gasteiger partial charge in [0.2, 0.25) is 0 Å². The Bertz CT molecular complexity index is 1150. The highest BCUT2D eigenvalue weighted by atomic mass is 35.5. The predicted octanol–water partition coefficient (Wildman–Crippen LogP) is 2.58.